The zero-order valence-corrected chi connectivity index (χ0v) is 24.0. The molecule has 0 fully saturated rings. The third-order valence-corrected chi connectivity index (χ3v) is 5.22. The number of fused-ring (bicyclic) bond motifs is 1. The first-order valence-corrected chi connectivity index (χ1v) is 12.5. The lowest BCUT2D eigenvalue weighted by molar-refractivity contribution is -0.193. The molecule has 0 saturated carbocycles. The second kappa shape index (κ2) is 18.9. The molecule has 0 radical (unpaired) electrons. The Hall–Kier alpha value is -3.98. The number of nitrogens with zero attached hydrogens (tertiary/aromatic N) is 4. The Balaban J connectivity index is 0.000000786. The van der Waals surface area contributed by atoms with E-state index in [0.717, 1.165) is 51.5 Å². The molecule has 1 aliphatic rings. The van der Waals surface area contributed by atoms with Crippen LogP contribution in [0.4, 0.5) is 43.9 Å². The van der Waals surface area contributed by atoms with Crippen LogP contribution in [0.25, 0.3) is 0 Å². The first-order valence-electron chi connectivity index (χ1n) is 12.5. The zero-order valence-electron chi connectivity index (χ0n) is 24.0. The zero-order chi connectivity index (χ0) is 35.9. The van der Waals surface area contributed by atoms with Gasteiger partial charge < -0.3 is 25.0 Å². The summed E-state index contributed by atoms with van der Waals surface area (Å²) in [6, 6.07) is 8.85. The molecule has 0 saturated heterocycles. The molecule has 46 heavy (non-hydrogen) atoms. The maximum atomic E-state index is 13.1. The summed E-state index contributed by atoms with van der Waals surface area (Å²) in [5.74, 6) is -8.07. The summed E-state index contributed by atoms with van der Waals surface area (Å²) in [6.07, 6.45) is -13.4. The van der Waals surface area contributed by atoms with Gasteiger partial charge in [0.1, 0.15) is 5.82 Å². The number of likely N-dealkylation sites (N-methyl/N-ethyl adjacent to an activating group) is 1. The molecule has 0 spiro atoms. The molecule has 0 amide bonds. The lowest BCUT2D eigenvalue weighted by atomic mass is 10.1. The van der Waals surface area contributed by atoms with Crippen molar-refractivity contribution in [3.63, 3.8) is 0 Å². The highest BCUT2D eigenvalue weighted by atomic mass is 19.4. The molecule has 0 bridgehead atoms. The van der Waals surface area contributed by atoms with Gasteiger partial charge in [-0.25, -0.2) is 18.8 Å². The summed E-state index contributed by atoms with van der Waals surface area (Å²) in [5.41, 5.74) is 2.35. The van der Waals surface area contributed by atoms with E-state index in [2.05, 4.69) is 39.7 Å². The monoisotopic (exact) mass is 688 g/mol. The van der Waals surface area contributed by atoms with Gasteiger partial charge in [0.05, 0.1) is 18.9 Å². The number of aliphatic carboxylic acids is 3. The van der Waals surface area contributed by atoms with E-state index in [9.17, 15) is 43.9 Å². The summed E-state index contributed by atoms with van der Waals surface area (Å²) in [5, 5.41) is 25.8. The number of halogens is 10. The first-order chi connectivity index (χ1) is 20.9. The van der Waals surface area contributed by atoms with Gasteiger partial charge in [0.15, 0.2) is 0 Å². The molecule has 1 aliphatic heterocycles. The van der Waals surface area contributed by atoms with Crippen LogP contribution in [0.1, 0.15) is 11.3 Å². The van der Waals surface area contributed by atoms with Gasteiger partial charge in [0.25, 0.3) is 0 Å². The first kappa shape index (κ1) is 42.0. The van der Waals surface area contributed by atoms with E-state index in [1.807, 2.05) is 18.3 Å². The van der Waals surface area contributed by atoms with E-state index in [0.29, 0.717) is 5.92 Å². The molecular weight excluding hydrogens is 658 g/mol. The van der Waals surface area contributed by atoms with Gasteiger partial charge in [0.2, 0.25) is 0 Å². The normalized spacial score (nSPS) is 15.1. The van der Waals surface area contributed by atoms with Crippen molar-refractivity contribution < 1.29 is 78.3 Å². The minimum Gasteiger partial charge on any atom is -0.475 e. The number of carboxylic acid groups (broad SMARTS) is 3. The van der Waals surface area contributed by atoms with Crippen molar-refractivity contribution in [1.29, 1.82) is 0 Å². The lowest BCUT2D eigenvalue weighted by Gasteiger charge is -2.24. The summed E-state index contributed by atoms with van der Waals surface area (Å²) in [4.78, 5) is 31.2. The minimum absolute atomic E-state index is 0.190. The number of hydrogen-bond donors (Lipinski definition) is 3. The number of alkyl halides is 9. The predicted molar refractivity (Wildman–Crippen MR) is 137 cm³/mol. The molecule has 3 rings (SSSR count). The molecule has 2 aromatic rings. The molecule has 1 aromatic heterocycles. The smallest absolute Gasteiger partial charge is 0.475 e. The van der Waals surface area contributed by atoms with Crippen LogP contribution in [0.5, 0.6) is 0 Å². The summed E-state index contributed by atoms with van der Waals surface area (Å²) >= 11 is 0. The van der Waals surface area contributed by atoms with Crippen LogP contribution in [0.2, 0.25) is 0 Å². The van der Waals surface area contributed by atoms with Crippen LogP contribution in [-0.2, 0) is 38.8 Å². The third-order valence-electron chi connectivity index (χ3n) is 5.22. The highest BCUT2D eigenvalue weighted by Crippen LogP contribution is 2.19. The van der Waals surface area contributed by atoms with E-state index in [1.54, 1.807) is 0 Å². The fourth-order valence-corrected chi connectivity index (χ4v) is 3.19. The molecule has 1 unspecified atom stereocenters. The molecule has 262 valence electrons. The second-order valence-corrected chi connectivity index (χ2v) is 9.45. The van der Waals surface area contributed by atoms with Gasteiger partial charge in [-0.2, -0.15) is 44.6 Å². The highest BCUT2D eigenvalue weighted by molar-refractivity contribution is 5.73. The van der Waals surface area contributed by atoms with Crippen LogP contribution >= 0.6 is 0 Å². The van der Waals surface area contributed by atoms with E-state index >= 15 is 0 Å². The van der Waals surface area contributed by atoms with E-state index in [1.165, 1.54) is 17.8 Å². The van der Waals surface area contributed by atoms with Crippen molar-refractivity contribution >= 4 is 17.9 Å². The van der Waals surface area contributed by atoms with Crippen LogP contribution in [0, 0.1) is 11.7 Å². The molecule has 3 N–H and O–H groups in total. The Morgan fingerprint density at radius 3 is 1.72 bits per heavy atom. The number of carbonyl (C=O) groups is 3. The van der Waals surface area contributed by atoms with Crippen molar-refractivity contribution in [2.75, 3.05) is 40.4 Å². The Bertz CT molecular complexity index is 1160. The summed E-state index contributed by atoms with van der Waals surface area (Å²) in [7, 11) is 4.10. The Morgan fingerprint density at radius 1 is 0.848 bits per heavy atom. The SMILES string of the molecule is CN(C)CCOCC1CN(Cc2ccc(F)cc2)Cc2ccnn2C1.O=C(O)C(F)(F)F.O=C(O)C(F)(F)F.O=C(O)C(F)(F)F. The summed E-state index contributed by atoms with van der Waals surface area (Å²) < 4.78 is 116. The fraction of sp³-hybridized carbons (Fsp3) is 0.520. The molecule has 2 heterocycles. The predicted octanol–water partition coefficient (Wildman–Crippen LogP) is 4.13. The van der Waals surface area contributed by atoms with Gasteiger partial charge in [-0.1, -0.05) is 12.1 Å². The Morgan fingerprint density at radius 2 is 1.30 bits per heavy atom. The topological polar surface area (TPSA) is 145 Å². The van der Waals surface area contributed by atoms with E-state index in [-0.39, 0.29) is 5.82 Å². The van der Waals surface area contributed by atoms with Gasteiger partial charge in [-0.15, -0.1) is 0 Å². The number of hydrogen-bond acceptors (Lipinski definition) is 7. The van der Waals surface area contributed by atoms with Crippen molar-refractivity contribution in [2.45, 2.75) is 38.2 Å². The standard InChI is InChI=1S/C19H27FN4O.3C2HF3O2/c1-22(2)9-10-25-15-17-12-23(11-16-3-5-18(20)6-4-16)14-19-7-8-21-24(19)13-17;3*3-2(4,5)1(6)7/h3-8,17H,9-15H2,1-2H3;3*(H,6,7). The molecule has 0 aliphatic carbocycles. The maximum absolute atomic E-state index is 13.1. The second-order valence-electron chi connectivity index (χ2n) is 9.45. The van der Waals surface area contributed by atoms with Gasteiger partial charge in [0, 0.05) is 44.8 Å². The molecule has 21 heteroatoms. The number of ether oxygens (including phenoxy) is 1. The number of aromatic nitrogens is 2. The molecule has 11 nitrogen and oxygen atoms in total. The molecular formula is C25H30F10N4O7. The number of rotatable bonds is 7. The van der Waals surface area contributed by atoms with Crippen molar-refractivity contribution in [1.82, 2.24) is 19.6 Å². The average molecular weight is 689 g/mol. The van der Waals surface area contributed by atoms with Crippen molar-refractivity contribution in [3.05, 3.63) is 53.6 Å². The molecule has 1 atom stereocenters. The van der Waals surface area contributed by atoms with Gasteiger partial charge in [-0.05, 0) is 37.9 Å². The fourth-order valence-electron chi connectivity index (χ4n) is 3.19. The van der Waals surface area contributed by atoms with Crippen molar-refractivity contribution in [3.8, 4) is 0 Å². The van der Waals surface area contributed by atoms with Crippen LogP contribution in [0.3, 0.4) is 0 Å². The minimum atomic E-state index is -5.08. The number of benzene rings is 1. The van der Waals surface area contributed by atoms with E-state index in [4.69, 9.17) is 34.4 Å². The largest absolute Gasteiger partial charge is 0.490 e. The van der Waals surface area contributed by atoms with Gasteiger partial charge >= 0.3 is 36.4 Å². The maximum Gasteiger partial charge on any atom is 0.490 e. The van der Waals surface area contributed by atoms with Crippen molar-refractivity contribution in [2.24, 2.45) is 5.92 Å². The molecule has 1 aromatic carbocycles. The van der Waals surface area contributed by atoms with Crippen LogP contribution in [0.15, 0.2) is 36.5 Å². The van der Waals surface area contributed by atoms with Crippen LogP contribution < -0.4 is 0 Å². The van der Waals surface area contributed by atoms with E-state index < -0.39 is 36.4 Å². The Labute approximate surface area is 254 Å². The highest BCUT2D eigenvalue weighted by Gasteiger charge is 2.39. The quantitative estimate of drug-likeness (QED) is 0.287. The number of carboxylic acids is 3. The van der Waals surface area contributed by atoms with Gasteiger partial charge in [-0.3, -0.25) is 9.58 Å². The summed E-state index contributed by atoms with van der Waals surface area (Å²) in [6.45, 7) is 5.89. The Kier molecular flexibility index (Phi) is 17.2. The third kappa shape index (κ3) is 18.7. The lowest BCUT2D eigenvalue weighted by Crippen LogP contribution is -2.30. The van der Waals surface area contributed by atoms with Crippen LogP contribution in [-0.4, -0.2) is 112 Å². The average Bonchev–Trinajstić information content (AvgIpc) is 3.26.